The van der Waals surface area contributed by atoms with E-state index in [1.165, 1.54) is 29.8 Å². The maximum absolute atomic E-state index is 5.63. The molecule has 27 heavy (non-hydrogen) atoms. The van der Waals surface area contributed by atoms with Crippen molar-refractivity contribution in [2.24, 2.45) is 0 Å². The molecule has 0 unspecified atom stereocenters. The third-order valence-corrected chi connectivity index (χ3v) is 7.07. The van der Waals surface area contributed by atoms with Gasteiger partial charge in [0.1, 0.15) is 0 Å². The lowest BCUT2D eigenvalue weighted by atomic mass is 9.94. The fourth-order valence-electron chi connectivity index (χ4n) is 4.81. The minimum atomic E-state index is 0.361. The highest BCUT2D eigenvalue weighted by Gasteiger charge is 2.46. The minimum absolute atomic E-state index is 0.361. The van der Waals surface area contributed by atoms with Gasteiger partial charge in [0.05, 0.1) is 17.1 Å². The average Bonchev–Trinajstić information content (AvgIpc) is 3.42. The van der Waals surface area contributed by atoms with Crippen molar-refractivity contribution in [2.75, 3.05) is 6.54 Å². The summed E-state index contributed by atoms with van der Waals surface area (Å²) in [7, 11) is 0. The van der Waals surface area contributed by atoms with E-state index in [1.807, 2.05) is 13.8 Å². The summed E-state index contributed by atoms with van der Waals surface area (Å²) >= 11 is 1.72. The van der Waals surface area contributed by atoms with Gasteiger partial charge in [-0.05, 0) is 45.2 Å². The van der Waals surface area contributed by atoms with Crippen LogP contribution in [0, 0.1) is 13.8 Å². The summed E-state index contributed by atoms with van der Waals surface area (Å²) in [5.41, 5.74) is 2.48. The van der Waals surface area contributed by atoms with Gasteiger partial charge in [0.2, 0.25) is 5.89 Å². The summed E-state index contributed by atoms with van der Waals surface area (Å²) < 4.78 is 5.63. The maximum Gasteiger partial charge on any atom is 0.231 e. The Kier molecular flexibility index (Phi) is 4.32. The number of benzene rings is 1. The molecule has 4 heterocycles. The lowest BCUT2D eigenvalue weighted by molar-refractivity contribution is 0.243. The Balaban J connectivity index is 1.38. The molecule has 1 aromatic carbocycles. The van der Waals surface area contributed by atoms with Crippen LogP contribution in [0.5, 0.6) is 0 Å². The van der Waals surface area contributed by atoms with Crippen molar-refractivity contribution in [3.8, 4) is 0 Å². The number of rotatable bonds is 4. The molecule has 2 aliphatic rings. The molecule has 2 aliphatic heterocycles. The Morgan fingerprint density at radius 2 is 2.04 bits per heavy atom. The number of hydrogen-bond acceptors (Lipinski definition) is 6. The van der Waals surface area contributed by atoms with E-state index in [2.05, 4.69) is 45.4 Å². The van der Waals surface area contributed by atoms with Gasteiger partial charge in [-0.1, -0.05) is 35.5 Å². The zero-order valence-corrected chi connectivity index (χ0v) is 16.6. The zero-order chi connectivity index (χ0) is 18.4. The molecule has 6 heteroatoms. The molecule has 2 saturated heterocycles. The number of aryl methyl sites for hydroxylation is 2. The molecular formula is C21H24N4OS. The third kappa shape index (κ3) is 3.11. The van der Waals surface area contributed by atoms with Gasteiger partial charge in [0, 0.05) is 22.9 Å². The van der Waals surface area contributed by atoms with Gasteiger partial charge in [-0.15, -0.1) is 11.3 Å². The van der Waals surface area contributed by atoms with Gasteiger partial charge >= 0.3 is 0 Å². The fraction of sp³-hybridized carbons (Fsp3) is 0.476. The molecular weight excluding hydrogens is 356 g/mol. The molecule has 2 fully saturated rings. The zero-order valence-electron chi connectivity index (χ0n) is 15.8. The van der Waals surface area contributed by atoms with Crippen molar-refractivity contribution in [3.05, 3.63) is 63.2 Å². The topological polar surface area (TPSA) is 55.1 Å². The van der Waals surface area contributed by atoms with E-state index in [1.54, 1.807) is 11.3 Å². The smallest absolute Gasteiger partial charge is 0.231 e. The predicted molar refractivity (Wildman–Crippen MR) is 105 cm³/mol. The molecule has 0 bridgehead atoms. The van der Waals surface area contributed by atoms with Crippen molar-refractivity contribution in [1.29, 1.82) is 0 Å². The van der Waals surface area contributed by atoms with Crippen molar-refractivity contribution < 1.29 is 4.52 Å². The van der Waals surface area contributed by atoms with Crippen LogP contribution in [0.15, 0.2) is 34.9 Å². The van der Waals surface area contributed by atoms with E-state index < -0.39 is 0 Å². The number of hydrogen-bond donors (Lipinski definition) is 0. The van der Waals surface area contributed by atoms with E-state index in [0.717, 1.165) is 22.9 Å². The summed E-state index contributed by atoms with van der Waals surface area (Å²) in [5.74, 6) is 1.96. The summed E-state index contributed by atoms with van der Waals surface area (Å²) in [6.45, 7) is 5.26. The van der Waals surface area contributed by atoms with Gasteiger partial charge in [0.25, 0.3) is 0 Å². The largest absolute Gasteiger partial charge is 0.339 e. The standard InChI is InChI=1S/C21H24N4OS/c1-13-19(27-14(2)22-13)12-20-23-21(24-26-20)16-11-18(15-7-4-3-5-8-15)25-10-6-9-17(16)25/h3-5,7-8,16-18H,6,9-12H2,1-2H3/t16-,17+,18-/m1/s1. The quantitative estimate of drug-likeness (QED) is 0.670. The lowest BCUT2D eigenvalue weighted by Crippen LogP contribution is -2.27. The summed E-state index contributed by atoms with van der Waals surface area (Å²) in [6, 6.07) is 11.9. The molecule has 0 saturated carbocycles. The molecule has 3 atom stereocenters. The van der Waals surface area contributed by atoms with Crippen molar-refractivity contribution >= 4 is 11.3 Å². The van der Waals surface area contributed by atoms with E-state index in [9.17, 15) is 0 Å². The van der Waals surface area contributed by atoms with Crippen LogP contribution in [-0.4, -0.2) is 32.6 Å². The monoisotopic (exact) mass is 380 g/mol. The molecule has 0 spiro atoms. The first-order valence-corrected chi connectivity index (χ1v) is 10.6. The molecule has 5 rings (SSSR count). The van der Waals surface area contributed by atoms with E-state index in [4.69, 9.17) is 9.51 Å². The van der Waals surface area contributed by atoms with Crippen LogP contribution in [0.25, 0.3) is 0 Å². The number of fused-ring (bicyclic) bond motifs is 1. The van der Waals surface area contributed by atoms with Gasteiger partial charge in [-0.3, -0.25) is 4.90 Å². The van der Waals surface area contributed by atoms with Crippen LogP contribution >= 0.6 is 11.3 Å². The molecule has 140 valence electrons. The van der Waals surface area contributed by atoms with Crippen LogP contribution in [0.4, 0.5) is 0 Å². The first-order valence-electron chi connectivity index (χ1n) is 9.75. The first-order chi connectivity index (χ1) is 13.2. The maximum atomic E-state index is 5.63. The molecule has 0 aliphatic carbocycles. The van der Waals surface area contributed by atoms with Crippen LogP contribution in [0.2, 0.25) is 0 Å². The molecule has 5 nitrogen and oxygen atoms in total. The lowest BCUT2D eigenvalue weighted by Gasteiger charge is -2.24. The van der Waals surface area contributed by atoms with Gasteiger partial charge in [0.15, 0.2) is 5.82 Å². The van der Waals surface area contributed by atoms with Crippen LogP contribution in [0.3, 0.4) is 0 Å². The highest BCUT2D eigenvalue weighted by Crippen LogP contribution is 2.48. The van der Waals surface area contributed by atoms with E-state index in [-0.39, 0.29) is 0 Å². The minimum Gasteiger partial charge on any atom is -0.339 e. The third-order valence-electron chi connectivity index (χ3n) is 6.00. The van der Waals surface area contributed by atoms with Gasteiger partial charge in [-0.25, -0.2) is 4.98 Å². The predicted octanol–water partition coefficient (Wildman–Crippen LogP) is 4.43. The molecule has 0 radical (unpaired) electrons. The highest BCUT2D eigenvalue weighted by atomic mass is 32.1. The van der Waals surface area contributed by atoms with Crippen molar-refractivity contribution in [1.82, 2.24) is 20.0 Å². The Bertz CT molecular complexity index is 935. The molecule has 0 amide bonds. The molecule has 0 N–H and O–H groups in total. The van der Waals surface area contributed by atoms with E-state index >= 15 is 0 Å². The summed E-state index contributed by atoms with van der Waals surface area (Å²) in [5, 5.41) is 5.48. The Labute approximate surface area is 163 Å². The van der Waals surface area contributed by atoms with E-state index in [0.29, 0.717) is 30.3 Å². The SMILES string of the molecule is Cc1nc(C)c(Cc2nc([C@@H]3C[C@H](c4ccccc4)N4CCC[C@@H]34)no2)s1. The highest BCUT2D eigenvalue weighted by molar-refractivity contribution is 7.11. The number of thiazole rings is 1. The normalized spacial score (nSPS) is 25.2. The second kappa shape index (κ2) is 6.84. The average molecular weight is 381 g/mol. The van der Waals surface area contributed by atoms with Crippen LogP contribution in [-0.2, 0) is 6.42 Å². The Hall–Kier alpha value is -2.05. The number of nitrogens with zero attached hydrogens (tertiary/aromatic N) is 4. The van der Waals surface area contributed by atoms with Crippen LogP contribution < -0.4 is 0 Å². The Morgan fingerprint density at radius 1 is 1.19 bits per heavy atom. The van der Waals surface area contributed by atoms with Crippen molar-refractivity contribution in [2.45, 2.75) is 57.5 Å². The molecule has 3 aromatic rings. The summed E-state index contributed by atoms with van der Waals surface area (Å²) in [6.07, 6.45) is 4.25. The summed E-state index contributed by atoms with van der Waals surface area (Å²) in [4.78, 5) is 13.2. The number of aromatic nitrogens is 3. The second-order valence-electron chi connectivity index (χ2n) is 7.68. The van der Waals surface area contributed by atoms with Gasteiger partial charge < -0.3 is 4.52 Å². The first kappa shape index (κ1) is 17.1. The molecule has 2 aromatic heterocycles. The fourth-order valence-corrected chi connectivity index (χ4v) is 5.74. The Morgan fingerprint density at radius 3 is 2.81 bits per heavy atom. The van der Waals surface area contributed by atoms with Gasteiger partial charge in [-0.2, -0.15) is 4.98 Å². The van der Waals surface area contributed by atoms with Crippen LogP contribution in [0.1, 0.15) is 64.1 Å². The van der Waals surface area contributed by atoms with Crippen molar-refractivity contribution in [3.63, 3.8) is 0 Å². The second-order valence-corrected chi connectivity index (χ2v) is 8.97.